The molecule has 0 bridgehead atoms. The fraction of sp³-hybridized carbons (Fsp3) is 0.417. The molecule has 0 unspecified atom stereocenters. The third-order valence-corrected chi connectivity index (χ3v) is 2.77. The number of benzene rings is 1. The first-order chi connectivity index (χ1) is 8.99. The van der Waals surface area contributed by atoms with Crippen LogP contribution < -0.4 is 16.6 Å². The molecule has 1 aromatic carbocycles. The smallest absolute Gasteiger partial charge is 0.251 e. The summed E-state index contributed by atoms with van der Waals surface area (Å²) in [4.78, 5) is 13.7. The van der Waals surface area contributed by atoms with E-state index in [1.54, 1.807) is 0 Å². The lowest BCUT2D eigenvalue weighted by Crippen LogP contribution is -2.33. The number of rotatable bonds is 6. The maximum atomic E-state index is 13.4. The molecule has 0 saturated heterocycles. The maximum absolute atomic E-state index is 13.4. The molecule has 1 rings (SSSR count). The zero-order chi connectivity index (χ0) is 14.4. The van der Waals surface area contributed by atoms with Crippen LogP contribution >= 0.6 is 0 Å². The standard InChI is InChI=1S/C12H18F2N4O/c1-3-18(2)5-4-16-12(19)8-6-9(13)11(17-15)10(14)7-8/h6-7,17H,3-5,15H2,1-2H3,(H,16,19). The third kappa shape index (κ3) is 4.15. The van der Waals surface area contributed by atoms with Crippen LogP contribution in [0.2, 0.25) is 0 Å². The van der Waals surface area contributed by atoms with E-state index in [1.807, 2.05) is 24.3 Å². The molecule has 4 N–H and O–H groups in total. The van der Waals surface area contributed by atoms with Crippen LogP contribution in [-0.2, 0) is 0 Å². The van der Waals surface area contributed by atoms with Crippen molar-refractivity contribution in [1.82, 2.24) is 10.2 Å². The van der Waals surface area contributed by atoms with Crippen LogP contribution in [0.4, 0.5) is 14.5 Å². The van der Waals surface area contributed by atoms with E-state index in [1.165, 1.54) is 0 Å². The normalized spacial score (nSPS) is 10.6. The summed E-state index contributed by atoms with van der Waals surface area (Å²) in [7, 11) is 1.91. The van der Waals surface area contributed by atoms with Crippen LogP contribution in [0, 0.1) is 11.6 Å². The van der Waals surface area contributed by atoms with E-state index in [0.717, 1.165) is 18.7 Å². The number of amides is 1. The molecule has 0 heterocycles. The lowest BCUT2D eigenvalue weighted by molar-refractivity contribution is 0.0949. The second-order valence-corrected chi connectivity index (χ2v) is 4.11. The van der Waals surface area contributed by atoms with E-state index in [2.05, 4.69) is 5.32 Å². The van der Waals surface area contributed by atoms with Crippen molar-refractivity contribution >= 4 is 11.6 Å². The lowest BCUT2D eigenvalue weighted by Gasteiger charge is -2.14. The monoisotopic (exact) mass is 272 g/mol. The van der Waals surface area contributed by atoms with Crippen molar-refractivity contribution in [3.05, 3.63) is 29.3 Å². The highest BCUT2D eigenvalue weighted by Gasteiger charge is 2.14. The van der Waals surface area contributed by atoms with Gasteiger partial charge < -0.3 is 15.6 Å². The van der Waals surface area contributed by atoms with E-state index >= 15 is 0 Å². The highest BCUT2D eigenvalue weighted by Crippen LogP contribution is 2.19. The third-order valence-electron chi connectivity index (χ3n) is 2.77. The summed E-state index contributed by atoms with van der Waals surface area (Å²) in [5, 5.41) is 2.59. The summed E-state index contributed by atoms with van der Waals surface area (Å²) in [6.45, 7) is 3.92. The first kappa shape index (κ1) is 15.3. The van der Waals surface area contributed by atoms with Gasteiger partial charge in [-0.2, -0.15) is 0 Å². The molecular formula is C12H18F2N4O. The number of hydrogen-bond acceptors (Lipinski definition) is 4. The predicted molar refractivity (Wildman–Crippen MR) is 69.7 cm³/mol. The molecule has 0 saturated carbocycles. The summed E-state index contributed by atoms with van der Waals surface area (Å²) < 4.78 is 26.8. The number of nitrogens with one attached hydrogen (secondary N) is 2. The predicted octanol–water partition coefficient (Wildman–Crippen LogP) is 0.932. The molecule has 0 spiro atoms. The highest BCUT2D eigenvalue weighted by atomic mass is 19.1. The minimum absolute atomic E-state index is 0.0758. The van der Waals surface area contributed by atoms with Gasteiger partial charge in [0.25, 0.3) is 5.91 Å². The maximum Gasteiger partial charge on any atom is 0.251 e. The van der Waals surface area contributed by atoms with Crippen molar-refractivity contribution in [2.24, 2.45) is 5.84 Å². The molecule has 0 radical (unpaired) electrons. The Morgan fingerprint density at radius 3 is 2.42 bits per heavy atom. The average molecular weight is 272 g/mol. The largest absolute Gasteiger partial charge is 0.351 e. The topological polar surface area (TPSA) is 70.4 Å². The van der Waals surface area contributed by atoms with Gasteiger partial charge >= 0.3 is 0 Å². The van der Waals surface area contributed by atoms with Crippen molar-refractivity contribution in [1.29, 1.82) is 0 Å². The lowest BCUT2D eigenvalue weighted by atomic mass is 10.1. The van der Waals surface area contributed by atoms with E-state index in [-0.39, 0.29) is 5.56 Å². The van der Waals surface area contributed by atoms with Crippen LogP contribution in [0.5, 0.6) is 0 Å². The van der Waals surface area contributed by atoms with Gasteiger partial charge in [-0.15, -0.1) is 0 Å². The summed E-state index contributed by atoms with van der Waals surface area (Å²) >= 11 is 0. The Labute approximate surface area is 110 Å². The van der Waals surface area contributed by atoms with Crippen molar-refractivity contribution in [2.45, 2.75) is 6.92 Å². The zero-order valence-corrected chi connectivity index (χ0v) is 11.0. The molecule has 0 aliphatic carbocycles. The van der Waals surface area contributed by atoms with E-state index in [0.29, 0.717) is 13.1 Å². The van der Waals surface area contributed by atoms with Gasteiger partial charge in [-0.3, -0.25) is 10.6 Å². The van der Waals surface area contributed by atoms with E-state index < -0.39 is 23.2 Å². The molecule has 1 aromatic rings. The van der Waals surface area contributed by atoms with Gasteiger partial charge in [-0.05, 0) is 25.7 Å². The number of anilines is 1. The van der Waals surface area contributed by atoms with Crippen LogP contribution in [-0.4, -0.2) is 37.5 Å². The van der Waals surface area contributed by atoms with Gasteiger partial charge in [0.2, 0.25) is 0 Å². The Balaban J connectivity index is 2.68. The van der Waals surface area contributed by atoms with Gasteiger partial charge in [-0.1, -0.05) is 6.92 Å². The van der Waals surface area contributed by atoms with Gasteiger partial charge in [-0.25, -0.2) is 8.78 Å². The molecule has 0 atom stereocenters. The van der Waals surface area contributed by atoms with Crippen molar-refractivity contribution in [3.8, 4) is 0 Å². The number of nitrogens with zero attached hydrogens (tertiary/aromatic N) is 1. The second kappa shape index (κ2) is 7.01. The van der Waals surface area contributed by atoms with Crippen molar-refractivity contribution < 1.29 is 13.6 Å². The Morgan fingerprint density at radius 2 is 1.95 bits per heavy atom. The van der Waals surface area contributed by atoms with Crippen LogP contribution in [0.3, 0.4) is 0 Å². The molecule has 7 heteroatoms. The summed E-state index contributed by atoms with van der Waals surface area (Å²) in [5.74, 6) is 2.64. The summed E-state index contributed by atoms with van der Waals surface area (Å²) in [6, 6.07) is 1.88. The molecular weight excluding hydrogens is 254 g/mol. The first-order valence-corrected chi connectivity index (χ1v) is 5.92. The van der Waals surface area contributed by atoms with Gasteiger partial charge in [0.1, 0.15) is 5.69 Å². The van der Waals surface area contributed by atoms with Crippen LogP contribution in [0.15, 0.2) is 12.1 Å². The van der Waals surface area contributed by atoms with Crippen LogP contribution in [0.25, 0.3) is 0 Å². The second-order valence-electron chi connectivity index (χ2n) is 4.11. The minimum Gasteiger partial charge on any atom is -0.351 e. The number of nitrogen functional groups attached to an aromatic ring is 1. The molecule has 0 aromatic heterocycles. The number of nitrogens with two attached hydrogens (primary N) is 1. The SMILES string of the molecule is CCN(C)CCNC(=O)c1cc(F)c(NN)c(F)c1. The van der Waals surface area contributed by atoms with Crippen molar-refractivity contribution in [2.75, 3.05) is 32.1 Å². The molecule has 0 aliphatic rings. The molecule has 5 nitrogen and oxygen atoms in total. The van der Waals surface area contributed by atoms with Gasteiger partial charge in [0.05, 0.1) is 0 Å². The van der Waals surface area contributed by atoms with Gasteiger partial charge in [0, 0.05) is 18.7 Å². The summed E-state index contributed by atoms with van der Waals surface area (Å²) in [6.07, 6.45) is 0. The number of halogens is 2. The molecule has 0 fully saturated rings. The molecule has 106 valence electrons. The van der Waals surface area contributed by atoms with E-state index in [9.17, 15) is 13.6 Å². The highest BCUT2D eigenvalue weighted by molar-refractivity contribution is 5.94. The number of hydrazine groups is 1. The number of hydrogen-bond donors (Lipinski definition) is 3. The number of carbonyl (C=O) groups excluding carboxylic acids is 1. The fourth-order valence-corrected chi connectivity index (χ4v) is 1.46. The quantitative estimate of drug-likeness (QED) is 0.532. The number of likely N-dealkylation sites (N-methyl/N-ethyl adjacent to an activating group) is 1. The van der Waals surface area contributed by atoms with Crippen molar-refractivity contribution in [3.63, 3.8) is 0 Å². The fourth-order valence-electron chi connectivity index (χ4n) is 1.46. The zero-order valence-electron chi connectivity index (χ0n) is 11.0. The first-order valence-electron chi connectivity index (χ1n) is 5.92. The summed E-state index contributed by atoms with van der Waals surface area (Å²) in [5.41, 5.74) is 1.37. The molecule has 19 heavy (non-hydrogen) atoms. The van der Waals surface area contributed by atoms with Crippen LogP contribution in [0.1, 0.15) is 17.3 Å². The molecule has 1 amide bonds. The van der Waals surface area contributed by atoms with Gasteiger partial charge in [0.15, 0.2) is 11.6 Å². The average Bonchev–Trinajstić information content (AvgIpc) is 2.37. The Bertz CT molecular complexity index is 430. The number of carbonyl (C=O) groups is 1. The van der Waals surface area contributed by atoms with E-state index in [4.69, 9.17) is 5.84 Å². The molecule has 0 aliphatic heterocycles. The minimum atomic E-state index is -0.904. The Kier molecular flexibility index (Phi) is 5.65. The Morgan fingerprint density at radius 1 is 1.37 bits per heavy atom. The Hall–Kier alpha value is -1.73.